The van der Waals surface area contributed by atoms with Crippen molar-refractivity contribution in [2.24, 2.45) is 0 Å². The second-order valence-electron chi connectivity index (χ2n) is 4.02. The number of likely N-dealkylation sites (N-methyl/N-ethyl adjacent to an activating group) is 1. The van der Waals surface area contributed by atoms with Gasteiger partial charge in [-0.25, -0.2) is 0 Å². The monoisotopic (exact) mass is 200 g/mol. The molecule has 1 fully saturated rings. The predicted octanol–water partition coefficient (Wildman–Crippen LogP) is -0.0786. The van der Waals surface area contributed by atoms with E-state index in [2.05, 4.69) is 6.92 Å². The largest absolute Gasteiger partial charge is 0.390 e. The molecule has 0 aromatic heterocycles. The van der Waals surface area contributed by atoms with Crippen LogP contribution < -0.4 is 0 Å². The van der Waals surface area contributed by atoms with E-state index in [1.54, 1.807) is 4.90 Å². The number of aliphatic hydroxyl groups excluding tert-OH is 1. The molecule has 0 radical (unpaired) electrons. The maximum absolute atomic E-state index is 11.6. The lowest BCUT2D eigenvalue weighted by atomic mass is 10.2. The first-order valence-corrected chi connectivity index (χ1v) is 5.28. The van der Waals surface area contributed by atoms with Crippen molar-refractivity contribution in [2.75, 3.05) is 33.2 Å². The van der Waals surface area contributed by atoms with Gasteiger partial charge in [-0.2, -0.15) is 0 Å². The molecule has 4 nitrogen and oxygen atoms in total. The van der Waals surface area contributed by atoms with Crippen LogP contribution in [0, 0.1) is 0 Å². The molecule has 1 rings (SSSR count). The molecule has 1 heterocycles. The fourth-order valence-corrected chi connectivity index (χ4v) is 1.50. The summed E-state index contributed by atoms with van der Waals surface area (Å²) < 4.78 is 0. The van der Waals surface area contributed by atoms with Crippen molar-refractivity contribution in [1.82, 2.24) is 9.80 Å². The minimum Gasteiger partial charge on any atom is -0.390 e. The third-order valence-corrected chi connectivity index (χ3v) is 2.57. The van der Waals surface area contributed by atoms with Crippen LogP contribution in [0.5, 0.6) is 0 Å². The summed E-state index contributed by atoms with van der Waals surface area (Å²) in [5.41, 5.74) is 0. The summed E-state index contributed by atoms with van der Waals surface area (Å²) in [7, 11) is 1.84. The van der Waals surface area contributed by atoms with Gasteiger partial charge < -0.3 is 10.0 Å². The molecule has 0 aromatic rings. The Morgan fingerprint density at radius 2 is 2.21 bits per heavy atom. The number of hydrogen-bond donors (Lipinski definition) is 1. The number of rotatable bonds is 5. The van der Waals surface area contributed by atoms with Crippen LogP contribution in [-0.2, 0) is 4.79 Å². The maximum Gasteiger partial charge on any atom is 0.236 e. The van der Waals surface area contributed by atoms with Gasteiger partial charge in [-0.3, -0.25) is 9.69 Å². The summed E-state index contributed by atoms with van der Waals surface area (Å²) in [6.07, 6.45) is 1.95. The summed E-state index contributed by atoms with van der Waals surface area (Å²) in [4.78, 5) is 15.3. The Labute approximate surface area is 85.5 Å². The third-order valence-electron chi connectivity index (χ3n) is 2.57. The molecule has 0 unspecified atom stereocenters. The normalized spacial score (nSPS) is 17.9. The Morgan fingerprint density at radius 1 is 1.57 bits per heavy atom. The average Bonchev–Trinajstić information content (AvgIpc) is 2.11. The Bertz CT molecular complexity index is 191. The number of unbranched alkanes of at least 4 members (excludes halogenated alkanes) is 1. The summed E-state index contributed by atoms with van der Waals surface area (Å²) in [5.74, 6) is 0.158. The van der Waals surface area contributed by atoms with Gasteiger partial charge in [0.2, 0.25) is 5.91 Å². The molecular weight excluding hydrogens is 180 g/mol. The first-order valence-electron chi connectivity index (χ1n) is 5.28. The highest BCUT2D eigenvalue weighted by atomic mass is 16.3. The molecule has 4 heteroatoms. The van der Waals surface area contributed by atoms with Gasteiger partial charge in [-0.1, -0.05) is 13.3 Å². The molecule has 1 aliphatic rings. The lowest BCUT2D eigenvalue weighted by Gasteiger charge is -2.36. The van der Waals surface area contributed by atoms with Crippen molar-refractivity contribution in [3.63, 3.8) is 0 Å². The molecule has 0 bridgehead atoms. The van der Waals surface area contributed by atoms with E-state index in [4.69, 9.17) is 5.11 Å². The lowest BCUT2D eigenvalue weighted by Crippen LogP contribution is -2.54. The summed E-state index contributed by atoms with van der Waals surface area (Å²) in [5, 5.41) is 9.04. The molecule has 0 aromatic carbocycles. The Morgan fingerprint density at radius 3 is 2.71 bits per heavy atom. The number of nitrogens with zero attached hydrogens (tertiary/aromatic N) is 2. The van der Waals surface area contributed by atoms with E-state index in [9.17, 15) is 4.79 Å². The molecule has 1 N–H and O–H groups in total. The first-order chi connectivity index (χ1) is 6.63. The third kappa shape index (κ3) is 3.27. The van der Waals surface area contributed by atoms with Gasteiger partial charge >= 0.3 is 0 Å². The molecule has 1 amide bonds. The number of likely N-dealkylation sites (tertiary alicyclic amines) is 1. The van der Waals surface area contributed by atoms with Crippen molar-refractivity contribution in [3.05, 3.63) is 0 Å². The number of carbonyl (C=O) groups excluding carboxylic acids is 1. The molecule has 82 valence electrons. The maximum atomic E-state index is 11.6. The second kappa shape index (κ2) is 5.32. The SMILES string of the molecule is CCCCN(C)C(=O)CN1CC(O)C1. The second-order valence-corrected chi connectivity index (χ2v) is 4.02. The number of aliphatic hydroxyl groups is 1. The van der Waals surface area contributed by atoms with E-state index in [0.717, 1.165) is 19.4 Å². The number of β-amino-alcohol motifs (C(OH)–C–C–N with tert-alkyl or cyclic N) is 1. The van der Waals surface area contributed by atoms with Gasteiger partial charge in [-0.05, 0) is 6.42 Å². The van der Waals surface area contributed by atoms with Gasteiger partial charge in [0.1, 0.15) is 0 Å². The van der Waals surface area contributed by atoms with E-state index in [1.807, 2.05) is 11.9 Å². The predicted molar refractivity (Wildman–Crippen MR) is 55.0 cm³/mol. The number of hydrogen-bond acceptors (Lipinski definition) is 3. The lowest BCUT2D eigenvalue weighted by molar-refractivity contribution is -0.133. The zero-order chi connectivity index (χ0) is 10.6. The van der Waals surface area contributed by atoms with Crippen LogP contribution in [0.3, 0.4) is 0 Å². The van der Waals surface area contributed by atoms with Crippen molar-refractivity contribution in [2.45, 2.75) is 25.9 Å². The number of carbonyl (C=O) groups is 1. The minimum atomic E-state index is -0.219. The zero-order valence-electron chi connectivity index (χ0n) is 9.07. The molecule has 0 aliphatic carbocycles. The quantitative estimate of drug-likeness (QED) is 0.675. The Hall–Kier alpha value is -0.610. The smallest absolute Gasteiger partial charge is 0.236 e. The topological polar surface area (TPSA) is 43.8 Å². The Kier molecular flexibility index (Phi) is 4.35. The molecule has 14 heavy (non-hydrogen) atoms. The summed E-state index contributed by atoms with van der Waals surface area (Å²) in [6.45, 7) is 4.70. The van der Waals surface area contributed by atoms with Gasteiger partial charge in [-0.15, -0.1) is 0 Å². The van der Waals surface area contributed by atoms with Gasteiger partial charge in [0.25, 0.3) is 0 Å². The van der Waals surface area contributed by atoms with Crippen LogP contribution in [0.25, 0.3) is 0 Å². The fraction of sp³-hybridized carbons (Fsp3) is 0.900. The molecule has 0 saturated carbocycles. The average molecular weight is 200 g/mol. The number of amides is 1. The summed E-state index contributed by atoms with van der Waals surface area (Å²) in [6, 6.07) is 0. The van der Waals surface area contributed by atoms with Crippen molar-refractivity contribution in [1.29, 1.82) is 0 Å². The van der Waals surface area contributed by atoms with Crippen LogP contribution in [-0.4, -0.2) is 60.1 Å². The minimum absolute atomic E-state index is 0.158. The van der Waals surface area contributed by atoms with Crippen LogP contribution in [0.4, 0.5) is 0 Å². The molecule has 0 atom stereocenters. The van der Waals surface area contributed by atoms with E-state index >= 15 is 0 Å². The summed E-state index contributed by atoms with van der Waals surface area (Å²) >= 11 is 0. The standard InChI is InChI=1S/C10H20N2O2/c1-3-4-5-11(2)10(14)8-12-6-9(13)7-12/h9,13H,3-8H2,1-2H3. The Balaban J connectivity index is 2.14. The van der Waals surface area contributed by atoms with Gasteiger partial charge in [0, 0.05) is 26.7 Å². The van der Waals surface area contributed by atoms with E-state index in [1.165, 1.54) is 0 Å². The van der Waals surface area contributed by atoms with Crippen LogP contribution in [0.15, 0.2) is 0 Å². The van der Waals surface area contributed by atoms with Crippen molar-refractivity contribution < 1.29 is 9.90 Å². The van der Waals surface area contributed by atoms with Crippen molar-refractivity contribution in [3.8, 4) is 0 Å². The highest BCUT2D eigenvalue weighted by molar-refractivity contribution is 5.78. The van der Waals surface area contributed by atoms with Crippen LogP contribution >= 0.6 is 0 Å². The highest BCUT2D eigenvalue weighted by Gasteiger charge is 2.26. The van der Waals surface area contributed by atoms with E-state index < -0.39 is 0 Å². The molecule has 1 saturated heterocycles. The molecule has 0 spiro atoms. The molecular formula is C10H20N2O2. The van der Waals surface area contributed by atoms with Crippen LogP contribution in [0.1, 0.15) is 19.8 Å². The van der Waals surface area contributed by atoms with Crippen molar-refractivity contribution >= 4 is 5.91 Å². The van der Waals surface area contributed by atoms with Gasteiger partial charge in [0.05, 0.1) is 12.6 Å². The fourth-order valence-electron chi connectivity index (χ4n) is 1.50. The zero-order valence-corrected chi connectivity index (χ0v) is 9.07. The van der Waals surface area contributed by atoms with Gasteiger partial charge in [0.15, 0.2) is 0 Å². The highest BCUT2D eigenvalue weighted by Crippen LogP contribution is 2.06. The molecule has 1 aliphatic heterocycles. The van der Waals surface area contributed by atoms with E-state index in [0.29, 0.717) is 19.6 Å². The van der Waals surface area contributed by atoms with Crippen LogP contribution in [0.2, 0.25) is 0 Å². The first kappa shape index (κ1) is 11.5. The van der Waals surface area contributed by atoms with E-state index in [-0.39, 0.29) is 12.0 Å².